The standard InChI is InChI=1S/C15H9Cl2FN2O/c16-9-5-6-13(12(18)7-9)21-14-8-19-20-15(14)10-3-1-2-4-11(10)17/h1-8H,(H,19,20). The smallest absolute Gasteiger partial charge is 0.173 e. The van der Waals surface area contributed by atoms with E-state index in [2.05, 4.69) is 10.2 Å². The van der Waals surface area contributed by atoms with Gasteiger partial charge in [-0.3, -0.25) is 5.10 Å². The van der Waals surface area contributed by atoms with Crippen molar-refractivity contribution in [2.45, 2.75) is 0 Å². The Morgan fingerprint density at radius 2 is 1.86 bits per heavy atom. The molecule has 0 radical (unpaired) electrons. The van der Waals surface area contributed by atoms with Crippen molar-refractivity contribution in [2.24, 2.45) is 0 Å². The fourth-order valence-electron chi connectivity index (χ4n) is 1.89. The fraction of sp³-hybridized carbons (Fsp3) is 0. The minimum Gasteiger partial charge on any atom is -0.450 e. The van der Waals surface area contributed by atoms with Gasteiger partial charge in [-0.1, -0.05) is 41.4 Å². The van der Waals surface area contributed by atoms with Crippen molar-refractivity contribution < 1.29 is 9.13 Å². The Bertz CT molecular complexity index is 789. The van der Waals surface area contributed by atoms with Crippen molar-refractivity contribution in [3.8, 4) is 22.8 Å². The number of aromatic amines is 1. The average molecular weight is 323 g/mol. The number of hydrogen-bond donors (Lipinski definition) is 1. The average Bonchev–Trinajstić information content (AvgIpc) is 2.90. The van der Waals surface area contributed by atoms with E-state index in [4.69, 9.17) is 27.9 Å². The summed E-state index contributed by atoms with van der Waals surface area (Å²) in [6, 6.07) is 11.4. The van der Waals surface area contributed by atoms with Crippen LogP contribution in [0.15, 0.2) is 48.7 Å². The predicted octanol–water partition coefficient (Wildman–Crippen LogP) is 5.31. The van der Waals surface area contributed by atoms with E-state index in [1.165, 1.54) is 18.3 Å². The van der Waals surface area contributed by atoms with Crippen LogP contribution < -0.4 is 4.74 Å². The normalized spacial score (nSPS) is 10.6. The van der Waals surface area contributed by atoms with Gasteiger partial charge in [0.2, 0.25) is 0 Å². The summed E-state index contributed by atoms with van der Waals surface area (Å²) in [6.45, 7) is 0. The van der Waals surface area contributed by atoms with Crippen molar-refractivity contribution in [1.82, 2.24) is 10.2 Å². The van der Waals surface area contributed by atoms with Crippen LogP contribution in [0, 0.1) is 5.82 Å². The largest absolute Gasteiger partial charge is 0.450 e. The zero-order valence-corrected chi connectivity index (χ0v) is 12.1. The molecule has 106 valence electrons. The molecule has 0 amide bonds. The van der Waals surface area contributed by atoms with Crippen molar-refractivity contribution in [2.75, 3.05) is 0 Å². The summed E-state index contributed by atoms with van der Waals surface area (Å²) in [4.78, 5) is 0. The van der Waals surface area contributed by atoms with Crippen molar-refractivity contribution in [3.05, 3.63) is 64.5 Å². The van der Waals surface area contributed by atoms with Crippen molar-refractivity contribution in [3.63, 3.8) is 0 Å². The first kappa shape index (κ1) is 13.9. The Balaban J connectivity index is 1.98. The van der Waals surface area contributed by atoms with Crippen LogP contribution in [-0.4, -0.2) is 10.2 Å². The lowest BCUT2D eigenvalue weighted by Gasteiger charge is -2.08. The molecule has 0 bridgehead atoms. The van der Waals surface area contributed by atoms with Gasteiger partial charge in [-0.2, -0.15) is 5.10 Å². The van der Waals surface area contributed by atoms with E-state index < -0.39 is 5.82 Å². The third-order valence-corrected chi connectivity index (χ3v) is 3.43. The fourth-order valence-corrected chi connectivity index (χ4v) is 2.27. The van der Waals surface area contributed by atoms with E-state index >= 15 is 0 Å². The van der Waals surface area contributed by atoms with Crippen LogP contribution in [0.4, 0.5) is 4.39 Å². The molecule has 0 spiro atoms. The number of hydrogen-bond acceptors (Lipinski definition) is 2. The van der Waals surface area contributed by atoms with Crippen molar-refractivity contribution in [1.29, 1.82) is 0 Å². The number of rotatable bonds is 3. The van der Waals surface area contributed by atoms with Gasteiger partial charge in [-0.05, 0) is 24.3 Å². The maximum atomic E-state index is 13.8. The summed E-state index contributed by atoms with van der Waals surface area (Å²) in [5.41, 5.74) is 1.30. The van der Waals surface area contributed by atoms with Gasteiger partial charge in [0.15, 0.2) is 17.3 Å². The summed E-state index contributed by atoms with van der Waals surface area (Å²) in [7, 11) is 0. The Labute approximate surface area is 130 Å². The molecule has 6 heteroatoms. The molecule has 1 aromatic heterocycles. The second kappa shape index (κ2) is 5.76. The van der Waals surface area contributed by atoms with Gasteiger partial charge >= 0.3 is 0 Å². The molecule has 0 fully saturated rings. The van der Waals surface area contributed by atoms with E-state index in [0.717, 1.165) is 5.56 Å². The van der Waals surface area contributed by atoms with E-state index in [0.29, 0.717) is 21.5 Å². The quantitative estimate of drug-likeness (QED) is 0.709. The Hall–Kier alpha value is -2.04. The van der Waals surface area contributed by atoms with E-state index in [1.807, 2.05) is 18.2 Å². The molecule has 1 heterocycles. The lowest BCUT2D eigenvalue weighted by Crippen LogP contribution is -1.90. The van der Waals surface area contributed by atoms with Crippen LogP contribution in [-0.2, 0) is 0 Å². The number of aromatic nitrogens is 2. The Morgan fingerprint density at radius 1 is 1.05 bits per heavy atom. The molecule has 0 aliphatic heterocycles. The van der Waals surface area contributed by atoms with E-state index in [9.17, 15) is 4.39 Å². The van der Waals surface area contributed by atoms with Gasteiger partial charge in [0.1, 0.15) is 5.69 Å². The second-order valence-electron chi connectivity index (χ2n) is 4.27. The van der Waals surface area contributed by atoms with Gasteiger partial charge in [0, 0.05) is 10.6 Å². The molecular weight excluding hydrogens is 314 g/mol. The highest BCUT2D eigenvalue weighted by molar-refractivity contribution is 6.33. The lowest BCUT2D eigenvalue weighted by atomic mass is 10.1. The summed E-state index contributed by atoms with van der Waals surface area (Å²) in [5, 5.41) is 7.58. The topological polar surface area (TPSA) is 37.9 Å². The Morgan fingerprint density at radius 3 is 2.62 bits per heavy atom. The minimum atomic E-state index is -0.547. The third kappa shape index (κ3) is 2.86. The molecule has 0 saturated carbocycles. The molecule has 0 aliphatic carbocycles. The molecule has 0 saturated heterocycles. The van der Waals surface area contributed by atoms with Crippen LogP contribution in [0.3, 0.4) is 0 Å². The van der Waals surface area contributed by atoms with Gasteiger partial charge in [0.05, 0.1) is 11.2 Å². The predicted molar refractivity (Wildman–Crippen MR) is 80.5 cm³/mol. The molecule has 2 aromatic carbocycles. The van der Waals surface area contributed by atoms with Gasteiger partial charge in [-0.25, -0.2) is 4.39 Å². The zero-order chi connectivity index (χ0) is 14.8. The molecule has 3 rings (SSSR count). The SMILES string of the molecule is Fc1cc(Cl)ccc1Oc1cn[nH]c1-c1ccccc1Cl. The monoisotopic (exact) mass is 322 g/mol. The van der Waals surface area contributed by atoms with E-state index in [1.54, 1.807) is 12.1 Å². The molecule has 1 N–H and O–H groups in total. The molecule has 0 unspecified atom stereocenters. The van der Waals surface area contributed by atoms with Crippen LogP contribution in [0.5, 0.6) is 11.5 Å². The molecular formula is C15H9Cl2FN2O. The number of nitrogens with one attached hydrogen (secondary N) is 1. The molecule has 21 heavy (non-hydrogen) atoms. The first-order valence-corrected chi connectivity index (χ1v) is 6.82. The van der Waals surface area contributed by atoms with E-state index in [-0.39, 0.29) is 5.75 Å². The second-order valence-corrected chi connectivity index (χ2v) is 5.11. The van der Waals surface area contributed by atoms with Crippen LogP contribution in [0.1, 0.15) is 0 Å². The summed E-state index contributed by atoms with van der Waals surface area (Å²) >= 11 is 11.9. The third-order valence-electron chi connectivity index (χ3n) is 2.86. The first-order chi connectivity index (χ1) is 10.1. The minimum absolute atomic E-state index is 0.0640. The Kier molecular flexibility index (Phi) is 3.82. The maximum Gasteiger partial charge on any atom is 0.173 e. The highest BCUT2D eigenvalue weighted by atomic mass is 35.5. The van der Waals surface area contributed by atoms with Gasteiger partial charge in [-0.15, -0.1) is 0 Å². The number of nitrogens with zero attached hydrogens (tertiary/aromatic N) is 1. The summed E-state index contributed by atoms with van der Waals surface area (Å²) in [6.07, 6.45) is 1.46. The van der Waals surface area contributed by atoms with Crippen LogP contribution in [0.25, 0.3) is 11.3 Å². The number of H-pyrrole nitrogens is 1. The highest BCUT2D eigenvalue weighted by Crippen LogP contribution is 2.36. The zero-order valence-electron chi connectivity index (χ0n) is 10.6. The number of halogens is 3. The van der Waals surface area contributed by atoms with Gasteiger partial charge < -0.3 is 4.74 Å². The summed E-state index contributed by atoms with van der Waals surface area (Å²) < 4.78 is 19.3. The number of ether oxygens (including phenoxy) is 1. The maximum absolute atomic E-state index is 13.8. The first-order valence-electron chi connectivity index (χ1n) is 6.06. The highest BCUT2D eigenvalue weighted by Gasteiger charge is 2.14. The molecule has 0 aliphatic rings. The van der Waals surface area contributed by atoms with Crippen LogP contribution in [0.2, 0.25) is 10.0 Å². The number of benzene rings is 2. The van der Waals surface area contributed by atoms with Crippen LogP contribution >= 0.6 is 23.2 Å². The lowest BCUT2D eigenvalue weighted by molar-refractivity contribution is 0.444. The van der Waals surface area contributed by atoms with Gasteiger partial charge in [0.25, 0.3) is 0 Å². The summed E-state index contributed by atoms with van der Waals surface area (Å²) in [5.74, 6) is -0.104. The molecule has 3 aromatic rings. The molecule has 0 atom stereocenters. The molecule has 3 nitrogen and oxygen atoms in total. The van der Waals surface area contributed by atoms with Crippen molar-refractivity contribution >= 4 is 23.2 Å².